The lowest BCUT2D eigenvalue weighted by Gasteiger charge is -2.01. The maximum absolute atomic E-state index is 5.53. The zero-order chi connectivity index (χ0) is 7.56. The van der Waals surface area contributed by atoms with Gasteiger partial charge in [-0.25, -0.2) is 9.97 Å². The van der Waals surface area contributed by atoms with Crippen LogP contribution in [0.5, 0.6) is 0 Å². The number of halogens is 1. The Morgan fingerprint density at radius 1 is 1.70 bits per heavy atom. The van der Waals surface area contributed by atoms with E-state index in [1.54, 1.807) is 12.3 Å². The van der Waals surface area contributed by atoms with Gasteiger partial charge in [-0.15, -0.1) is 0 Å². The Balaban J connectivity index is 2.96. The van der Waals surface area contributed by atoms with Crippen LogP contribution in [0.4, 0.5) is 0 Å². The van der Waals surface area contributed by atoms with Crippen LogP contribution in [0, 0.1) is 0 Å². The Morgan fingerprint density at radius 2 is 2.40 bits per heavy atom. The van der Waals surface area contributed by atoms with Crippen molar-refractivity contribution in [1.29, 1.82) is 0 Å². The van der Waals surface area contributed by atoms with E-state index < -0.39 is 0 Å². The molecule has 1 unspecified atom stereocenters. The number of nitrogens with two attached hydrogens (primary N) is 1. The summed E-state index contributed by atoms with van der Waals surface area (Å²) < 4.78 is 0. The average molecular weight is 158 g/mol. The Hall–Kier alpha value is -0.670. The highest BCUT2D eigenvalue weighted by atomic mass is 35.5. The molecule has 0 bridgehead atoms. The van der Waals surface area contributed by atoms with E-state index in [-0.39, 0.29) is 11.3 Å². The van der Waals surface area contributed by atoms with Gasteiger partial charge in [0.2, 0.25) is 5.28 Å². The Labute approximate surface area is 64.2 Å². The fraction of sp³-hybridized carbons (Fsp3) is 0.333. The first-order chi connectivity index (χ1) is 4.70. The molecule has 4 heteroatoms. The van der Waals surface area contributed by atoms with Gasteiger partial charge >= 0.3 is 0 Å². The minimum atomic E-state index is -0.0829. The summed E-state index contributed by atoms with van der Waals surface area (Å²) in [7, 11) is 0. The normalized spacial score (nSPS) is 13.1. The van der Waals surface area contributed by atoms with Gasteiger partial charge in [-0.3, -0.25) is 0 Å². The second-order valence-corrected chi connectivity index (χ2v) is 2.38. The number of rotatable bonds is 1. The first kappa shape index (κ1) is 7.44. The van der Waals surface area contributed by atoms with E-state index in [4.69, 9.17) is 17.3 Å². The largest absolute Gasteiger partial charge is 0.323 e. The fourth-order valence-corrected chi connectivity index (χ4v) is 0.755. The zero-order valence-electron chi connectivity index (χ0n) is 5.58. The van der Waals surface area contributed by atoms with Crippen molar-refractivity contribution in [2.24, 2.45) is 5.73 Å². The highest BCUT2D eigenvalue weighted by Gasteiger charge is 2.00. The fourth-order valence-electron chi connectivity index (χ4n) is 0.601. The maximum atomic E-state index is 5.53. The van der Waals surface area contributed by atoms with Crippen molar-refractivity contribution in [3.05, 3.63) is 23.2 Å². The molecule has 0 aromatic carbocycles. The Morgan fingerprint density at radius 3 is 2.80 bits per heavy atom. The van der Waals surface area contributed by atoms with Crippen LogP contribution in [0.15, 0.2) is 12.3 Å². The minimum Gasteiger partial charge on any atom is -0.323 e. The predicted molar refractivity (Wildman–Crippen MR) is 39.6 cm³/mol. The molecule has 54 valence electrons. The smallest absolute Gasteiger partial charge is 0.222 e. The SMILES string of the molecule is CC(N)c1ccnc(Cl)n1. The van der Waals surface area contributed by atoms with Crippen molar-refractivity contribution in [2.45, 2.75) is 13.0 Å². The summed E-state index contributed by atoms with van der Waals surface area (Å²) in [6.45, 7) is 1.85. The van der Waals surface area contributed by atoms with E-state index in [0.717, 1.165) is 5.69 Å². The highest BCUT2D eigenvalue weighted by Crippen LogP contribution is 2.06. The molecular weight excluding hydrogens is 150 g/mol. The van der Waals surface area contributed by atoms with Gasteiger partial charge in [-0.05, 0) is 24.6 Å². The predicted octanol–water partition coefficient (Wildman–Crippen LogP) is 1.15. The van der Waals surface area contributed by atoms with Crippen molar-refractivity contribution in [3.63, 3.8) is 0 Å². The third-order valence-corrected chi connectivity index (χ3v) is 1.30. The highest BCUT2D eigenvalue weighted by molar-refractivity contribution is 6.28. The lowest BCUT2D eigenvalue weighted by Crippen LogP contribution is -2.07. The first-order valence-corrected chi connectivity index (χ1v) is 3.32. The zero-order valence-corrected chi connectivity index (χ0v) is 6.34. The summed E-state index contributed by atoms with van der Waals surface area (Å²) in [4.78, 5) is 7.62. The van der Waals surface area contributed by atoms with Gasteiger partial charge in [0, 0.05) is 12.2 Å². The molecule has 3 nitrogen and oxygen atoms in total. The first-order valence-electron chi connectivity index (χ1n) is 2.94. The van der Waals surface area contributed by atoms with Crippen LogP contribution in [-0.2, 0) is 0 Å². The van der Waals surface area contributed by atoms with Crippen LogP contribution >= 0.6 is 11.6 Å². The molecule has 1 aromatic rings. The van der Waals surface area contributed by atoms with Gasteiger partial charge in [0.25, 0.3) is 0 Å². The van der Waals surface area contributed by atoms with Crippen LogP contribution in [0.3, 0.4) is 0 Å². The third-order valence-electron chi connectivity index (χ3n) is 1.11. The second-order valence-electron chi connectivity index (χ2n) is 2.04. The molecule has 0 aliphatic carbocycles. The molecule has 2 N–H and O–H groups in total. The summed E-state index contributed by atoms with van der Waals surface area (Å²) in [6.07, 6.45) is 1.59. The molecule has 0 radical (unpaired) electrons. The van der Waals surface area contributed by atoms with Gasteiger partial charge in [0.1, 0.15) is 0 Å². The van der Waals surface area contributed by atoms with E-state index in [1.165, 1.54) is 0 Å². The van der Waals surface area contributed by atoms with E-state index >= 15 is 0 Å². The molecule has 0 saturated heterocycles. The van der Waals surface area contributed by atoms with Crippen LogP contribution in [0.2, 0.25) is 5.28 Å². The van der Waals surface area contributed by atoms with Crippen LogP contribution < -0.4 is 5.73 Å². The molecule has 1 rings (SSSR count). The van der Waals surface area contributed by atoms with Crippen molar-refractivity contribution >= 4 is 11.6 Å². The molecule has 10 heavy (non-hydrogen) atoms. The Bertz CT molecular complexity index is 224. The second kappa shape index (κ2) is 2.94. The minimum absolute atomic E-state index is 0.0829. The molecular formula is C6H8ClN3. The van der Waals surface area contributed by atoms with Gasteiger partial charge in [0.05, 0.1) is 5.69 Å². The lowest BCUT2D eigenvalue weighted by atomic mass is 10.2. The monoisotopic (exact) mass is 157 g/mol. The van der Waals surface area contributed by atoms with E-state index in [2.05, 4.69) is 9.97 Å². The molecule has 1 aromatic heterocycles. The molecule has 1 atom stereocenters. The summed E-state index contributed by atoms with van der Waals surface area (Å²) in [5, 5.41) is 0.245. The number of nitrogens with zero attached hydrogens (tertiary/aromatic N) is 2. The van der Waals surface area contributed by atoms with Crippen LogP contribution in [0.1, 0.15) is 18.7 Å². The molecule has 0 saturated carbocycles. The molecule has 0 fully saturated rings. The standard InChI is InChI=1S/C6H8ClN3/c1-4(8)5-2-3-9-6(7)10-5/h2-4H,8H2,1H3. The molecule has 0 aliphatic heterocycles. The number of hydrogen-bond acceptors (Lipinski definition) is 3. The van der Waals surface area contributed by atoms with Gasteiger partial charge in [0.15, 0.2) is 0 Å². The van der Waals surface area contributed by atoms with Gasteiger partial charge in [-0.2, -0.15) is 0 Å². The van der Waals surface area contributed by atoms with Crippen molar-refractivity contribution < 1.29 is 0 Å². The van der Waals surface area contributed by atoms with Crippen LogP contribution in [0.25, 0.3) is 0 Å². The molecule has 0 amide bonds. The van der Waals surface area contributed by atoms with Gasteiger partial charge < -0.3 is 5.73 Å². The number of aromatic nitrogens is 2. The van der Waals surface area contributed by atoms with Crippen LogP contribution in [-0.4, -0.2) is 9.97 Å². The number of hydrogen-bond donors (Lipinski definition) is 1. The van der Waals surface area contributed by atoms with E-state index in [0.29, 0.717) is 0 Å². The van der Waals surface area contributed by atoms with Crippen molar-refractivity contribution in [3.8, 4) is 0 Å². The van der Waals surface area contributed by atoms with Gasteiger partial charge in [-0.1, -0.05) is 0 Å². The maximum Gasteiger partial charge on any atom is 0.222 e. The molecule has 0 aliphatic rings. The topological polar surface area (TPSA) is 51.8 Å². The summed E-state index contributed by atoms with van der Waals surface area (Å²) in [5.74, 6) is 0. The van der Waals surface area contributed by atoms with E-state index in [1.807, 2.05) is 6.92 Å². The lowest BCUT2D eigenvalue weighted by molar-refractivity contribution is 0.774. The summed E-state index contributed by atoms with van der Waals surface area (Å²) in [6, 6.07) is 1.66. The summed E-state index contributed by atoms with van der Waals surface area (Å²) >= 11 is 5.51. The Kier molecular flexibility index (Phi) is 2.19. The molecule has 1 heterocycles. The van der Waals surface area contributed by atoms with E-state index in [9.17, 15) is 0 Å². The quantitative estimate of drug-likeness (QED) is 0.623. The van der Waals surface area contributed by atoms with Crippen molar-refractivity contribution in [2.75, 3.05) is 0 Å². The third kappa shape index (κ3) is 1.65. The average Bonchev–Trinajstić information content (AvgIpc) is 1.88. The molecule has 0 spiro atoms. The summed E-state index contributed by atoms with van der Waals surface area (Å²) in [5.41, 5.74) is 6.30. The van der Waals surface area contributed by atoms with Crippen molar-refractivity contribution in [1.82, 2.24) is 9.97 Å².